The second-order valence-electron chi connectivity index (χ2n) is 6.51. The summed E-state index contributed by atoms with van der Waals surface area (Å²) in [6.45, 7) is 8.62. The van der Waals surface area contributed by atoms with Gasteiger partial charge >= 0.3 is 5.97 Å². The summed E-state index contributed by atoms with van der Waals surface area (Å²) in [5.41, 5.74) is 1.88. The number of hydrogen-bond donors (Lipinski definition) is 1. The monoisotopic (exact) mass is 277 g/mol. The molecule has 0 saturated carbocycles. The summed E-state index contributed by atoms with van der Waals surface area (Å²) in [5.74, 6) is -0.0667. The third-order valence-electron chi connectivity index (χ3n) is 4.19. The van der Waals surface area contributed by atoms with Crippen LogP contribution in [-0.4, -0.2) is 17.6 Å². The molecule has 1 unspecified atom stereocenters. The van der Waals surface area contributed by atoms with E-state index in [1.807, 2.05) is 0 Å². The molecule has 1 aromatic heterocycles. The predicted octanol–water partition coefficient (Wildman–Crippen LogP) is 2.70. The Morgan fingerprint density at radius 1 is 1.45 bits per heavy atom. The Morgan fingerprint density at radius 2 is 2.15 bits per heavy atom. The van der Waals surface area contributed by atoms with E-state index in [-0.39, 0.29) is 23.0 Å². The van der Waals surface area contributed by atoms with Gasteiger partial charge in [0, 0.05) is 17.5 Å². The van der Waals surface area contributed by atoms with E-state index in [9.17, 15) is 9.59 Å². The molecule has 0 aromatic carbocycles. The molecule has 1 atom stereocenters. The summed E-state index contributed by atoms with van der Waals surface area (Å²) in [6.07, 6.45) is 4.18. The summed E-state index contributed by atoms with van der Waals surface area (Å²) < 4.78 is 4.93. The van der Waals surface area contributed by atoms with Crippen LogP contribution >= 0.6 is 0 Å². The van der Waals surface area contributed by atoms with Crippen molar-refractivity contribution in [2.24, 2.45) is 11.3 Å². The molecule has 1 N–H and O–H groups in total. The quantitative estimate of drug-likeness (QED) is 0.846. The lowest BCUT2D eigenvalue weighted by molar-refractivity contribution is 0.0524. The van der Waals surface area contributed by atoms with E-state index in [2.05, 4.69) is 25.8 Å². The first-order chi connectivity index (χ1) is 9.34. The van der Waals surface area contributed by atoms with Crippen molar-refractivity contribution in [1.82, 2.24) is 4.98 Å². The van der Waals surface area contributed by atoms with E-state index < -0.39 is 5.97 Å². The van der Waals surface area contributed by atoms with Crippen LogP contribution in [0, 0.1) is 11.3 Å². The van der Waals surface area contributed by atoms with Gasteiger partial charge in [-0.05, 0) is 37.5 Å². The Morgan fingerprint density at radius 3 is 2.75 bits per heavy atom. The highest BCUT2D eigenvalue weighted by Gasteiger charge is 2.31. The number of pyridine rings is 1. The average Bonchev–Trinajstić information content (AvgIpc) is 2.38. The van der Waals surface area contributed by atoms with Crippen LogP contribution < -0.4 is 5.43 Å². The summed E-state index contributed by atoms with van der Waals surface area (Å²) in [4.78, 5) is 27.4. The number of ether oxygens (including phenoxy) is 1. The molecule has 1 aliphatic carbocycles. The van der Waals surface area contributed by atoms with E-state index in [1.54, 1.807) is 6.92 Å². The van der Waals surface area contributed by atoms with Gasteiger partial charge in [-0.15, -0.1) is 0 Å². The predicted molar refractivity (Wildman–Crippen MR) is 78.0 cm³/mol. The fourth-order valence-corrected chi connectivity index (χ4v) is 2.82. The molecule has 1 heterocycles. The van der Waals surface area contributed by atoms with Crippen molar-refractivity contribution < 1.29 is 9.53 Å². The molecule has 0 aliphatic heterocycles. The molecule has 0 amide bonds. The average molecular weight is 277 g/mol. The minimum absolute atomic E-state index is 0.125. The highest BCUT2D eigenvalue weighted by molar-refractivity contribution is 5.89. The smallest absolute Gasteiger partial charge is 0.343 e. The van der Waals surface area contributed by atoms with Crippen molar-refractivity contribution in [2.45, 2.75) is 47.0 Å². The molecule has 4 nitrogen and oxygen atoms in total. The third-order valence-corrected chi connectivity index (χ3v) is 4.19. The van der Waals surface area contributed by atoms with Crippen molar-refractivity contribution >= 4 is 5.97 Å². The molecule has 0 radical (unpaired) electrons. The zero-order valence-electron chi connectivity index (χ0n) is 12.7. The third kappa shape index (κ3) is 2.79. The van der Waals surface area contributed by atoms with E-state index in [1.165, 1.54) is 6.20 Å². The summed E-state index contributed by atoms with van der Waals surface area (Å²) >= 11 is 0. The summed E-state index contributed by atoms with van der Waals surface area (Å²) in [7, 11) is 0. The molecule has 1 aromatic rings. The standard InChI is InChI=1S/C16H23NO3/c1-5-20-15(19)12-9-17-13-7-6-10(16(2,3)4)8-11(13)14(12)18/h9-10H,5-8H2,1-4H3,(H,17,18). The molecule has 0 spiro atoms. The number of aromatic nitrogens is 1. The summed E-state index contributed by atoms with van der Waals surface area (Å²) in [6, 6.07) is 0. The lowest BCUT2D eigenvalue weighted by atomic mass is 9.71. The molecule has 4 heteroatoms. The van der Waals surface area contributed by atoms with Crippen LogP contribution in [0.1, 0.15) is 55.7 Å². The van der Waals surface area contributed by atoms with Crippen molar-refractivity contribution in [1.29, 1.82) is 0 Å². The van der Waals surface area contributed by atoms with Gasteiger partial charge in [0.2, 0.25) is 0 Å². The van der Waals surface area contributed by atoms with Crippen LogP contribution in [0.25, 0.3) is 0 Å². The van der Waals surface area contributed by atoms with Crippen LogP contribution in [0.15, 0.2) is 11.0 Å². The van der Waals surface area contributed by atoms with Gasteiger partial charge in [0.05, 0.1) is 6.61 Å². The second-order valence-corrected chi connectivity index (χ2v) is 6.51. The molecule has 0 fully saturated rings. The number of H-pyrrole nitrogens is 1. The van der Waals surface area contributed by atoms with Gasteiger partial charge in [-0.3, -0.25) is 4.79 Å². The van der Waals surface area contributed by atoms with Gasteiger partial charge < -0.3 is 9.72 Å². The summed E-state index contributed by atoms with van der Waals surface area (Å²) in [5, 5.41) is 0. The molecular weight excluding hydrogens is 254 g/mol. The Balaban J connectivity index is 2.38. The number of aromatic amines is 1. The molecule has 110 valence electrons. The number of hydrogen-bond acceptors (Lipinski definition) is 3. The number of carbonyl (C=O) groups excluding carboxylic acids is 1. The van der Waals surface area contributed by atoms with E-state index in [0.29, 0.717) is 5.92 Å². The number of fused-ring (bicyclic) bond motifs is 1. The Bertz CT molecular complexity index is 566. The first kappa shape index (κ1) is 14.8. The van der Waals surface area contributed by atoms with Gasteiger partial charge in [-0.25, -0.2) is 4.79 Å². The Hall–Kier alpha value is -1.58. The highest BCUT2D eigenvalue weighted by atomic mass is 16.5. The van der Waals surface area contributed by atoms with E-state index in [0.717, 1.165) is 30.5 Å². The van der Waals surface area contributed by atoms with Crippen molar-refractivity contribution in [2.75, 3.05) is 6.61 Å². The number of esters is 1. The van der Waals surface area contributed by atoms with E-state index in [4.69, 9.17) is 4.74 Å². The topological polar surface area (TPSA) is 59.2 Å². The Labute approximate surface area is 119 Å². The van der Waals surface area contributed by atoms with Gasteiger partial charge in [-0.1, -0.05) is 20.8 Å². The maximum Gasteiger partial charge on any atom is 0.343 e. The van der Waals surface area contributed by atoms with Crippen molar-refractivity contribution in [3.8, 4) is 0 Å². The minimum Gasteiger partial charge on any atom is -0.462 e. The van der Waals surface area contributed by atoms with Crippen LogP contribution in [0.3, 0.4) is 0 Å². The zero-order valence-corrected chi connectivity index (χ0v) is 12.7. The van der Waals surface area contributed by atoms with E-state index >= 15 is 0 Å². The normalized spacial score (nSPS) is 18.5. The van der Waals surface area contributed by atoms with Crippen molar-refractivity contribution in [3.05, 3.63) is 33.2 Å². The molecule has 1 aliphatic rings. The molecular formula is C16H23NO3. The molecule has 0 saturated heterocycles. The van der Waals surface area contributed by atoms with Crippen LogP contribution in [-0.2, 0) is 17.6 Å². The molecule has 0 bridgehead atoms. The number of nitrogens with one attached hydrogen (secondary N) is 1. The Kier molecular flexibility index (Phi) is 4.02. The lowest BCUT2D eigenvalue weighted by Gasteiger charge is -2.34. The van der Waals surface area contributed by atoms with Crippen molar-refractivity contribution in [3.63, 3.8) is 0 Å². The maximum absolute atomic E-state index is 12.5. The number of aryl methyl sites for hydroxylation is 1. The highest BCUT2D eigenvalue weighted by Crippen LogP contribution is 2.35. The lowest BCUT2D eigenvalue weighted by Crippen LogP contribution is -2.33. The van der Waals surface area contributed by atoms with Crippen LogP contribution in [0.5, 0.6) is 0 Å². The van der Waals surface area contributed by atoms with Gasteiger partial charge in [0.15, 0.2) is 5.43 Å². The maximum atomic E-state index is 12.5. The van der Waals surface area contributed by atoms with Crippen LogP contribution in [0.2, 0.25) is 0 Å². The first-order valence-electron chi connectivity index (χ1n) is 7.25. The fraction of sp³-hybridized carbons (Fsp3) is 0.625. The zero-order chi connectivity index (χ0) is 14.9. The first-order valence-corrected chi connectivity index (χ1v) is 7.25. The molecule has 2 rings (SSSR count). The van der Waals surface area contributed by atoms with Crippen LogP contribution in [0.4, 0.5) is 0 Å². The number of carbonyl (C=O) groups is 1. The van der Waals surface area contributed by atoms with Gasteiger partial charge in [0.25, 0.3) is 0 Å². The largest absolute Gasteiger partial charge is 0.462 e. The second kappa shape index (κ2) is 5.43. The number of rotatable bonds is 2. The van der Waals surface area contributed by atoms with Gasteiger partial charge in [0.1, 0.15) is 5.56 Å². The fourth-order valence-electron chi connectivity index (χ4n) is 2.82. The minimum atomic E-state index is -0.533. The SMILES string of the molecule is CCOC(=O)c1c[nH]c2c(c1=O)CC(C(C)(C)C)CC2. The van der Waals surface area contributed by atoms with Gasteiger partial charge in [-0.2, -0.15) is 0 Å². The molecule has 20 heavy (non-hydrogen) atoms.